The van der Waals surface area contributed by atoms with Gasteiger partial charge >= 0.3 is 0 Å². The third-order valence-corrected chi connectivity index (χ3v) is 2.72. The summed E-state index contributed by atoms with van der Waals surface area (Å²) >= 11 is 0. The van der Waals surface area contributed by atoms with Gasteiger partial charge in [0.1, 0.15) is 0 Å². The van der Waals surface area contributed by atoms with Gasteiger partial charge in [-0.3, -0.25) is 0 Å². The fraction of sp³-hybridized carbons (Fsp3) is 0.455. The van der Waals surface area contributed by atoms with Crippen LogP contribution in [-0.2, 0) is 6.42 Å². The first-order valence-electron chi connectivity index (χ1n) is 4.67. The Kier molecular flexibility index (Phi) is 14.2. The third kappa shape index (κ3) is 4.68. The zero-order valence-corrected chi connectivity index (χ0v) is 12.4. The molecule has 0 spiro atoms. The van der Waals surface area contributed by atoms with Gasteiger partial charge < -0.3 is 5.32 Å². The smallest absolute Gasteiger partial charge is 0.0320 e. The standard InChI is InChI=1S/C11H15N.4ClH/c1-12-11-8-4-6-9-5-2-3-7-10(9)11;;;;/h2-3,5,7,11-12H,4,6,8H2,1H3;4*1H. The average Bonchev–Trinajstić information content (AvgIpc) is 2.17. The zero-order valence-electron chi connectivity index (χ0n) is 9.14. The predicted octanol–water partition coefficient (Wildman–Crippen LogP) is 3.97. The van der Waals surface area contributed by atoms with Crippen molar-refractivity contribution in [1.82, 2.24) is 5.32 Å². The molecule has 0 radical (unpaired) electrons. The van der Waals surface area contributed by atoms with Crippen LogP contribution in [0.4, 0.5) is 0 Å². The SMILES string of the molecule is CNC1CCCc2ccccc21.Cl.Cl.Cl.Cl. The zero-order chi connectivity index (χ0) is 8.39. The maximum Gasteiger partial charge on any atom is 0.0320 e. The highest BCUT2D eigenvalue weighted by molar-refractivity contribution is 5.86. The van der Waals surface area contributed by atoms with Crippen LogP contribution in [0.5, 0.6) is 0 Å². The molecule has 1 nitrogen and oxygen atoms in total. The number of halogens is 4. The molecule has 0 fully saturated rings. The molecule has 0 saturated carbocycles. The van der Waals surface area contributed by atoms with E-state index >= 15 is 0 Å². The van der Waals surface area contributed by atoms with Crippen LogP contribution in [0.15, 0.2) is 24.3 Å². The molecular weight excluding hydrogens is 288 g/mol. The molecule has 0 aliphatic heterocycles. The lowest BCUT2D eigenvalue weighted by molar-refractivity contribution is 0.496. The van der Waals surface area contributed by atoms with Gasteiger partial charge in [0.2, 0.25) is 0 Å². The second-order valence-corrected chi connectivity index (χ2v) is 3.43. The summed E-state index contributed by atoms with van der Waals surface area (Å²) in [6, 6.07) is 9.36. The van der Waals surface area contributed by atoms with Crippen molar-refractivity contribution < 1.29 is 0 Å². The summed E-state index contributed by atoms with van der Waals surface area (Å²) in [5, 5.41) is 3.36. The monoisotopic (exact) mass is 305 g/mol. The van der Waals surface area contributed by atoms with Crippen molar-refractivity contribution in [2.24, 2.45) is 0 Å². The third-order valence-electron chi connectivity index (χ3n) is 2.72. The largest absolute Gasteiger partial charge is 0.313 e. The summed E-state index contributed by atoms with van der Waals surface area (Å²) in [6.07, 6.45) is 3.87. The van der Waals surface area contributed by atoms with Crippen LogP contribution in [0.25, 0.3) is 0 Å². The highest BCUT2D eigenvalue weighted by Gasteiger charge is 2.16. The van der Waals surface area contributed by atoms with E-state index in [9.17, 15) is 0 Å². The fourth-order valence-corrected chi connectivity index (χ4v) is 2.05. The molecule has 2 rings (SSSR count). The van der Waals surface area contributed by atoms with Crippen molar-refractivity contribution in [3.63, 3.8) is 0 Å². The summed E-state index contributed by atoms with van der Waals surface area (Å²) in [7, 11) is 2.05. The first kappa shape index (κ1) is 21.6. The first-order chi connectivity index (χ1) is 5.92. The number of nitrogens with one attached hydrogen (secondary N) is 1. The van der Waals surface area contributed by atoms with Crippen LogP contribution in [0, 0.1) is 0 Å². The minimum Gasteiger partial charge on any atom is -0.313 e. The van der Waals surface area contributed by atoms with Crippen LogP contribution >= 0.6 is 49.6 Å². The molecule has 0 heterocycles. The summed E-state index contributed by atoms with van der Waals surface area (Å²) < 4.78 is 0. The van der Waals surface area contributed by atoms with Gasteiger partial charge in [-0.15, -0.1) is 49.6 Å². The maximum absolute atomic E-state index is 3.36. The number of hydrogen-bond acceptors (Lipinski definition) is 1. The second-order valence-electron chi connectivity index (χ2n) is 3.43. The minimum absolute atomic E-state index is 0. The van der Waals surface area contributed by atoms with Crippen molar-refractivity contribution in [1.29, 1.82) is 0 Å². The molecule has 0 bridgehead atoms. The van der Waals surface area contributed by atoms with E-state index in [-0.39, 0.29) is 49.6 Å². The van der Waals surface area contributed by atoms with E-state index in [1.165, 1.54) is 30.4 Å². The molecule has 1 aliphatic rings. The fourth-order valence-electron chi connectivity index (χ4n) is 2.05. The lowest BCUT2D eigenvalue weighted by Gasteiger charge is -2.24. The first-order valence-corrected chi connectivity index (χ1v) is 4.67. The van der Waals surface area contributed by atoms with E-state index in [0.29, 0.717) is 6.04 Å². The quantitative estimate of drug-likeness (QED) is 0.828. The predicted molar refractivity (Wildman–Crippen MR) is 80.2 cm³/mol. The van der Waals surface area contributed by atoms with Gasteiger partial charge in [0.25, 0.3) is 0 Å². The molecule has 1 N–H and O–H groups in total. The van der Waals surface area contributed by atoms with E-state index in [2.05, 4.69) is 29.6 Å². The second kappa shape index (κ2) is 10.5. The Morgan fingerprint density at radius 2 is 1.69 bits per heavy atom. The highest BCUT2D eigenvalue weighted by atomic mass is 35.5. The van der Waals surface area contributed by atoms with Crippen LogP contribution in [0.3, 0.4) is 0 Å². The Hall–Kier alpha value is 0.340. The van der Waals surface area contributed by atoms with Crippen LogP contribution in [0.2, 0.25) is 0 Å². The van der Waals surface area contributed by atoms with Crippen molar-refractivity contribution >= 4 is 49.6 Å². The Bertz CT molecular complexity index is 280. The number of aryl methyl sites for hydroxylation is 1. The Labute approximate surface area is 122 Å². The summed E-state index contributed by atoms with van der Waals surface area (Å²) in [6.45, 7) is 0. The van der Waals surface area contributed by atoms with Gasteiger partial charge in [-0.25, -0.2) is 0 Å². The molecule has 16 heavy (non-hydrogen) atoms. The molecule has 96 valence electrons. The Morgan fingerprint density at radius 3 is 2.31 bits per heavy atom. The van der Waals surface area contributed by atoms with Crippen molar-refractivity contribution in [2.45, 2.75) is 25.3 Å². The van der Waals surface area contributed by atoms with Crippen molar-refractivity contribution in [2.75, 3.05) is 7.05 Å². The highest BCUT2D eigenvalue weighted by Crippen LogP contribution is 2.28. The van der Waals surface area contributed by atoms with Gasteiger partial charge in [-0.05, 0) is 37.4 Å². The van der Waals surface area contributed by atoms with Crippen LogP contribution in [0.1, 0.15) is 30.0 Å². The van der Waals surface area contributed by atoms with E-state index in [1.807, 2.05) is 7.05 Å². The van der Waals surface area contributed by atoms with Gasteiger partial charge in [0.15, 0.2) is 0 Å². The van der Waals surface area contributed by atoms with E-state index in [4.69, 9.17) is 0 Å². The topological polar surface area (TPSA) is 12.0 Å². The molecule has 1 aliphatic carbocycles. The molecular formula is C11H19Cl4N. The van der Waals surface area contributed by atoms with Crippen LogP contribution in [-0.4, -0.2) is 7.05 Å². The summed E-state index contributed by atoms with van der Waals surface area (Å²) in [4.78, 5) is 0. The number of fused-ring (bicyclic) bond motifs is 1. The lowest BCUT2D eigenvalue weighted by Crippen LogP contribution is -2.21. The van der Waals surface area contributed by atoms with Gasteiger partial charge in [0.05, 0.1) is 0 Å². The minimum atomic E-state index is 0. The molecule has 1 aromatic rings. The molecule has 0 amide bonds. The number of rotatable bonds is 1. The molecule has 1 aromatic carbocycles. The number of benzene rings is 1. The maximum atomic E-state index is 3.36. The Morgan fingerprint density at radius 1 is 1.06 bits per heavy atom. The molecule has 0 aromatic heterocycles. The average molecular weight is 307 g/mol. The molecule has 1 atom stereocenters. The Balaban J connectivity index is -0.000000422. The molecule has 1 unspecified atom stereocenters. The molecule has 5 heteroatoms. The van der Waals surface area contributed by atoms with Gasteiger partial charge in [-0.2, -0.15) is 0 Å². The molecule has 0 saturated heterocycles. The van der Waals surface area contributed by atoms with Gasteiger partial charge in [-0.1, -0.05) is 24.3 Å². The van der Waals surface area contributed by atoms with Crippen LogP contribution < -0.4 is 5.32 Å². The van der Waals surface area contributed by atoms with E-state index < -0.39 is 0 Å². The normalized spacial score (nSPS) is 16.4. The van der Waals surface area contributed by atoms with Crippen molar-refractivity contribution in [3.05, 3.63) is 35.4 Å². The van der Waals surface area contributed by atoms with E-state index in [1.54, 1.807) is 0 Å². The summed E-state index contributed by atoms with van der Waals surface area (Å²) in [5.74, 6) is 0. The van der Waals surface area contributed by atoms with Crippen molar-refractivity contribution in [3.8, 4) is 0 Å². The summed E-state index contributed by atoms with van der Waals surface area (Å²) in [5.41, 5.74) is 3.04. The van der Waals surface area contributed by atoms with E-state index in [0.717, 1.165) is 0 Å². The lowest BCUT2D eigenvalue weighted by atomic mass is 9.88. The van der Waals surface area contributed by atoms with Gasteiger partial charge in [0, 0.05) is 6.04 Å². The number of hydrogen-bond donors (Lipinski definition) is 1.